The van der Waals surface area contributed by atoms with Crippen LogP contribution in [0.25, 0.3) is 17.4 Å². The number of furan rings is 1. The van der Waals surface area contributed by atoms with E-state index in [-0.39, 0.29) is 15.5 Å². The van der Waals surface area contributed by atoms with E-state index in [1.54, 1.807) is 18.2 Å². The molecular formula is C18H14ClN3O5S. The molecule has 3 aromatic rings. The summed E-state index contributed by atoms with van der Waals surface area (Å²) >= 11 is 6.88. The molecule has 144 valence electrons. The zero-order valence-electron chi connectivity index (χ0n) is 14.5. The van der Waals surface area contributed by atoms with Crippen molar-refractivity contribution >= 4 is 41.4 Å². The van der Waals surface area contributed by atoms with Gasteiger partial charge < -0.3 is 14.6 Å². The summed E-state index contributed by atoms with van der Waals surface area (Å²) in [5, 5.41) is 25.5. The first-order chi connectivity index (χ1) is 13.4. The van der Waals surface area contributed by atoms with Gasteiger partial charge in [0.05, 0.1) is 10.6 Å². The van der Waals surface area contributed by atoms with Crippen LogP contribution in [0.15, 0.2) is 44.8 Å². The molecule has 0 radical (unpaired) electrons. The van der Waals surface area contributed by atoms with Gasteiger partial charge in [-0.3, -0.25) is 5.10 Å². The number of carbonyl (C=O) groups is 2. The van der Waals surface area contributed by atoms with Crippen LogP contribution in [0.3, 0.4) is 0 Å². The van der Waals surface area contributed by atoms with E-state index in [0.717, 1.165) is 11.8 Å². The number of halogens is 1. The van der Waals surface area contributed by atoms with Crippen molar-refractivity contribution in [3.8, 4) is 11.3 Å². The molecular weight excluding hydrogens is 406 g/mol. The Hall–Kier alpha value is -3.04. The van der Waals surface area contributed by atoms with Crippen molar-refractivity contribution in [2.45, 2.75) is 18.5 Å². The second-order valence-corrected chi connectivity index (χ2v) is 6.95. The number of H-pyrrole nitrogens is 1. The lowest BCUT2D eigenvalue weighted by molar-refractivity contribution is -0.131. The molecule has 0 saturated carbocycles. The SMILES string of the molecule is CCc1nc(S/C(=C\c2ccc(-c3ccc(C(=O)O)c(Cl)c3)o2)C(=O)O)n[nH]1. The predicted molar refractivity (Wildman–Crippen MR) is 103 cm³/mol. The van der Waals surface area contributed by atoms with E-state index in [4.69, 9.17) is 21.1 Å². The summed E-state index contributed by atoms with van der Waals surface area (Å²) in [5.41, 5.74) is 0.556. The second kappa shape index (κ2) is 8.32. The fraction of sp³-hybridized carbons (Fsp3) is 0.111. The van der Waals surface area contributed by atoms with Gasteiger partial charge in [0.2, 0.25) is 5.16 Å². The summed E-state index contributed by atoms with van der Waals surface area (Å²) in [6.45, 7) is 1.91. The number of aromatic nitrogens is 3. The fourth-order valence-electron chi connectivity index (χ4n) is 2.27. The van der Waals surface area contributed by atoms with Gasteiger partial charge >= 0.3 is 11.9 Å². The Labute approximate surface area is 168 Å². The lowest BCUT2D eigenvalue weighted by Crippen LogP contribution is -1.97. The molecule has 0 amide bonds. The number of benzene rings is 1. The first-order valence-corrected chi connectivity index (χ1v) is 9.24. The van der Waals surface area contributed by atoms with Crippen LogP contribution in [0.4, 0.5) is 0 Å². The van der Waals surface area contributed by atoms with Gasteiger partial charge in [-0.25, -0.2) is 14.6 Å². The van der Waals surface area contributed by atoms with E-state index in [0.29, 0.717) is 34.5 Å². The molecule has 0 aliphatic heterocycles. The molecule has 0 unspecified atom stereocenters. The Kier molecular flexibility index (Phi) is 5.86. The number of rotatable bonds is 7. The molecule has 1 aromatic carbocycles. The van der Waals surface area contributed by atoms with Crippen LogP contribution in [0.2, 0.25) is 5.02 Å². The van der Waals surface area contributed by atoms with Crippen LogP contribution in [0, 0.1) is 0 Å². The molecule has 0 aliphatic rings. The highest BCUT2D eigenvalue weighted by Crippen LogP contribution is 2.30. The van der Waals surface area contributed by atoms with E-state index in [9.17, 15) is 14.7 Å². The van der Waals surface area contributed by atoms with Crippen LogP contribution in [0.5, 0.6) is 0 Å². The van der Waals surface area contributed by atoms with Gasteiger partial charge in [0, 0.05) is 18.1 Å². The maximum absolute atomic E-state index is 11.5. The van der Waals surface area contributed by atoms with Crippen molar-refractivity contribution in [2.75, 3.05) is 0 Å². The highest BCUT2D eigenvalue weighted by molar-refractivity contribution is 8.04. The number of nitrogens with one attached hydrogen (secondary N) is 1. The predicted octanol–water partition coefficient (Wildman–Crippen LogP) is 4.20. The van der Waals surface area contributed by atoms with Crippen molar-refractivity contribution < 1.29 is 24.2 Å². The highest BCUT2D eigenvalue weighted by Gasteiger charge is 2.15. The standard InChI is InChI=1S/C18H14ClN3O5S/c1-2-15-20-18(22-21-15)28-14(17(25)26)8-10-4-6-13(27-10)9-3-5-11(16(23)24)12(19)7-9/h3-8H,2H2,1H3,(H,23,24)(H,25,26)(H,20,21,22)/b14-8-. The van der Waals surface area contributed by atoms with Crippen LogP contribution >= 0.6 is 23.4 Å². The second-order valence-electron chi connectivity index (χ2n) is 5.54. The lowest BCUT2D eigenvalue weighted by Gasteiger charge is -2.02. The van der Waals surface area contributed by atoms with Crippen LogP contribution in [0.1, 0.15) is 28.9 Å². The fourth-order valence-corrected chi connectivity index (χ4v) is 3.24. The van der Waals surface area contributed by atoms with Gasteiger partial charge in [0.1, 0.15) is 22.3 Å². The number of aliphatic carboxylic acids is 1. The van der Waals surface area contributed by atoms with Gasteiger partial charge in [-0.1, -0.05) is 24.6 Å². The normalized spacial score (nSPS) is 11.6. The zero-order chi connectivity index (χ0) is 20.3. The molecule has 0 fully saturated rings. The topological polar surface area (TPSA) is 129 Å². The number of hydrogen-bond acceptors (Lipinski definition) is 6. The Morgan fingerprint density at radius 3 is 2.68 bits per heavy atom. The first kappa shape index (κ1) is 19.7. The summed E-state index contributed by atoms with van der Waals surface area (Å²) in [4.78, 5) is 26.7. The molecule has 28 heavy (non-hydrogen) atoms. The third-order valence-electron chi connectivity index (χ3n) is 3.64. The van der Waals surface area contributed by atoms with Crippen molar-refractivity contribution in [2.24, 2.45) is 0 Å². The highest BCUT2D eigenvalue weighted by atomic mass is 35.5. The molecule has 3 N–H and O–H groups in total. The Bertz CT molecular complexity index is 1070. The number of carboxylic acids is 2. The lowest BCUT2D eigenvalue weighted by atomic mass is 10.1. The minimum atomic E-state index is -1.14. The number of aryl methyl sites for hydroxylation is 1. The number of aromatic amines is 1. The average Bonchev–Trinajstić information content (AvgIpc) is 3.30. The van der Waals surface area contributed by atoms with E-state index >= 15 is 0 Å². The van der Waals surface area contributed by atoms with Crippen LogP contribution < -0.4 is 0 Å². The van der Waals surface area contributed by atoms with Crippen molar-refractivity contribution in [3.05, 3.63) is 57.4 Å². The molecule has 2 aromatic heterocycles. The minimum absolute atomic E-state index is 0.0122. The number of thioether (sulfide) groups is 1. The number of hydrogen-bond donors (Lipinski definition) is 3. The first-order valence-electron chi connectivity index (χ1n) is 8.04. The summed E-state index contributed by atoms with van der Waals surface area (Å²) in [7, 11) is 0. The quantitative estimate of drug-likeness (QED) is 0.384. The monoisotopic (exact) mass is 419 g/mol. The molecule has 2 heterocycles. The van der Waals surface area contributed by atoms with Crippen molar-refractivity contribution in [1.82, 2.24) is 15.2 Å². The molecule has 0 bridgehead atoms. The van der Waals surface area contributed by atoms with Gasteiger partial charge in [0.25, 0.3) is 0 Å². The molecule has 0 saturated heterocycles. The maximum Gasteiger partial charge on any atom is 0.342 e. The summed E-state index contributed by atoms with van der Waals surface area (Å²) in [6, 6.07) is 7.67. The average molecular weight is 420 g/mol. The molecule has 10 heteroatoms. The summed E-state index contributed by atoms with van der Waals surface area (Å²) in [6.07, 6.45) is 2.02. The van der Waals surface area contributed by atoms with E-state index in [1.807, 2.05) is 6.92 Å². The van der Waals surface area contributed by atoms with Crippen LogP contribution in [-0.4, -0.2) is 37.3 Å². The molecule has 0 spiro atoms. The summed E-state index contributed by atoms with van der Waals surface area (Å²) in [5.74, 6) is -0.870. The molecule has 0 aliphatic carbocycles. The Balaban J connectivity index is 1.85. The largest absolute Gasteiger partial charge is 0.478 e. The third kappa shape index (κ3) is 4.44. The van der Waals surface area contributed by atoms with Crippen molar-refractivity contribution in [1.29, 1.82) is 0 Å². The third-order valence-corrected chi connectivity index (χ3v) is 4.83. The molecule has 3 rings (SSSR count). The Morgan fingerprint density at radius 1 is 1.29 bits per heavy atom. The molecule has 0 atom stereocenters. The zero-order valence-corrected chi connectivity index (χ0v) is 16.0. The number of nitrogens with zero attached hydrogens (tertiary/aromatic N) is 2. The maximum atomic E-state index is 11.5. The van der Waals surface area contributed by atoms with E-state index < -0.39 is 11.9 Å². The van der Waals surface area contributed by atoms with Gasteiger partial charge in [0.15, 0.2) is 0 Å². The van der Waals surface area contributed by atoms with Gasteiger partial charge in [-0.2, -0.15) is 0 Å². The molecule has 8 nitrogen and oxygen atoms in total. The number of aromatic carboxylic acids is 1. The number of carboxylic acid groups (broad SMARTS) is 2. The summed E-state index contributed by atoms with van der Waals surface area (Å²) < 4.78 is 5.66. The minimum Gasteiger partial charge on any atom is -0.478 e. The van der Waals surface area contributed by atoms with Crippen LogP contribution in [-0.2, 0) is 11.2 Å². The van der Waals surface area contributed by atoms with Crippen molar-refractivity contribution in [3.63, 3.8) is 0 Å². The van der Waals surface area contributed by atoms with Gasteiger partial charge in [-0.05, 0) is 36.0 Å². The van der Waals surface area contributed by atoms with E-state index in [2.05, 4.69) is 15.2 Å². The Morgan fingerprint density at radius 2 is 2.07 bits per heavy atom. The smallest absolute Gasteiger partial charge is 0.342 e. The van der Waals surface area contributed by atoms with Gasteiger partial charge in [-0.15, -0.1) is 5.10 Å². The van der Waals surface area contributed by atoms with E-state index in [1.165, 1.54) is 18.2 Å².